The molecule has 0 fully saturated rings. The summed E-state index contributed by atoms with van der Waals surface area (Å²) in [4.78, 5) is 16.5. The standard InChI is InChI=1S/C17H20BrN3O/c1-11-5-6-14(13(18)9-11)20-16(22)15-10-12(7-8-19-15)21-17(2,3)4/h5-10H,1-4H3,(H,19,21)(H,20,22). The van der Waals surface area contributed by atoms with Crippen LogP contribution in [0.25, 0.3) is 0 Å². The van der Waals surface area contributed by atoms with Gasteiger partial charge in [0, 0.05) is 21.9 Å². The minimum atomic E-state index is -0.234. The summed E-state index contributed by atoms with van der Waals surface area (Å²) in [6.45, 7) is 8.20. The lowest BCUT2D eigenvalue weighted by Crippen LogP contribution is -2.26. The summed E-state index contributed by atoms with van der Waals surface area (Å²) in [7, 11) is 0. The molecule has 1 aromatic carbocycles. The molecule has 1 aromatic heterocycles. The van der Waals surface area contributed by atoms with E-state index in [-0.39, 0.29) is 11.4 Å². The van der Waals surface area contributed by atoms with Crippen LogP contribution in [0.4, 0.5) is 11.4 Å². The Bertz CT molecular complexity index is 693. The lowest BCUT2D eigenvalue weighted by molar-refractivity contribution is 0.102. The molecule has 0 aliphatic carbocycles. The molecule has 0 atom stereocenters. The maximum Gasteiger partial charge on any atom is 0.274 e. The maximum atomic E-state index is 12.3. The van der Waals surface area contributed by atoms with Crippen molar-refractivity contribution in [2.45, 2.75) is 33.2 Å². The number of amides is 1. The van der Waals surface area contributed by atoms with Gasteiger partial charge in [-0.3, -0.25) is 9.78 Å². The van der Waals surface area contributed by atoms with Crippen molar-refractivity contribution in [3.8, 4) is 0 Å². The molecule has 22 heavy (non-hydrogen) atoms. The highest BCUT2D eigenvalue weighted by atomic mass is 79.9. The molecule has 116 valence electrons. The lowest BCUT2D eigenvalue weighted by Gasteiger charge is -2.22. The van der Waals surface area contributed by atoms with Gasteiger partial charge in [-0.25, -0.2) is 0 Å². The molecular weight excluding hydrogens is 342 g/mol. The average Bonchev–Trinajstić information content (AvgIpc) is 2.40. The van der Waals surface area contributed by atoms with Gasteiger partial charge < -0.3 is 10.6 Å². The molecular formula is C17H20BrN3O. The summed E-state index contributed by atoms with van der Waals surface area (Å²) in [5.74, 6) is -0.234. The normalized spacial score (nSPS) is 11.1. The predicted molar refractivity (Wildman–Crippen MR) is 94.4 cm³/mol. The summed E-state index contributed by atoms with van der Waals surface area (Å²) in [6, 6.07) is 9.38. The topological polar surface area (TPSA) is 54.0 Å². The number of halogens is 1. The zero-order chi connectivity index (χ0) is 16.3. The van der Waals surface area contributed by atoms with Crippen molar-refractivity contribution in [1.82, 2.24) is 4.98 Å². The first-order valence-corrected chi connectivity index (χ1v) is 7.86. The SMILES string of the molecule is Cc1ccc(NC(=O)c2cc(NC(C)(C)C)ccn2)c(Br)c1. The fourth-order valence-electron chi connectivity index (χ4n) is 1.97. The van der Waals surface area contributed by atoms with Crippen LogP contribution in [0.3, 0.4) is 0 Å². The number of anilines is 2. The average molecular weight is 362 g/mol. The molecule has 0 unspecified atom stereocenters. The second-order valence-corrected chi connectivity index (χ2v) is 7.10. The Kier molecular flexibility index (Phi) is 4.86. The highest BCUT2D eigenvalue weighted by Gasteiger charge is 2.13. The number of hydrogen-bond donors (Lipinski definition) is 2. The van der Waals surface area contributed by atoms with E-state index >= 15 is 0 Å². The molecule has 2 aromatic rings. The summed E-state index contributed by atoms with van der Waals surface area (Å²) < 4.78 is 0.852. The van der Waals surface area contributed by atoms with Crippen molar-refractivity contribution in [3.63, 3.8) is 0 Å². The van der Waals surface area contributed by atoms with Crippen LogP contribution in [0.5, 0.6) is 0 Å². The molecule has 0 saturated heterocycles. The zero-order valence-corrected chi connectivity index (χ0v) is 14.8. The van der Waals surface area contributed by atoms with Crippen molar-refractivity contribution < 1.29 is 4.79 Å². The van der Waals surface area contributed by atoms with E-state index in [4.69, 9.17) is 0 Å². The van der Waals surface area contributed by atoms with Crippen LogP contribution < -0.4 is 10.6 Å². The molecule has 0 bridgehead atoms. The van der Waals surface area contributed by atoms with Gasteiger partial charge in [-0.15, -0.1) is 0 Å². The number of carbonyl (C=O) groups excluding carboxylic acids is 1. The van der Waals surface area contributed by atoms with E-state index in [0.29, 0.717) is 5.69 Å². The zero-order valence-electron chi connectivity index (χ0n) is 13.2. The third-order valence-corrected chi connectivity index (χ3v) is 3.54. The minimum Gasteiger partial charge on any atom is -0.380 e. The largest absolute Gasteiger partial charge is 0.380 e. The predicted octanol–water partition coefficient (Wildman–Crippen LogP) is 4.62. The molecule has 4 nitrogen and oxygen atoms in total. The van der Waals surface area contributed by atoms with E-state index in [0.717, 1.165) is 21.4 Å². The van der Waals surface area contributed by atoms with E-state index in [1.165, 1.54) is 0 Å². The fourth-order valence-corrected chi connectivity index (χ4v) is 2.57. The Balaban J connectivity index is 2.17. The van der Waals surface area contributed by atoms with Gasteiger partial charge in [0.1, 0.15) is 5.69 Å². The van der Waals surface area contributed by atoms with Crippen LogP contribution in [-0.4, -0.2) is 16.4 Å². The smallest absolute Gasteiger partial charge is 0.274 e. The third kappa shape index (κ3) is 4.56. The van der Waals surface area contributed by atoms with Crippen LogP contribution in [0.15, 0.2) is 41.0 Å². The van der Waals surface area contributed by atoms with Gasteiger partial charge in [0.15, 0.2) is 0 Å². The van der Waals surface area contributed by atoms with Gasteiger partial charge in [0.2, 0.25) is 0 Å². The van der Waals surface area contributed by atoms with E-state index in [9.17, 15) is 4.79 Å². The van der Waals surface area contributed by atoms with Crippen LogP contribution >= 0.6 is 15.9 Å². The first kappa shape index (κ1) is 16.5. The number of aromatic nitrogens is 1. The molecule has 1 amide bonds. The molecule has 0 spiro atoms. The Morgan fingerprint density at radius 1 is 1.18 bits per heavy atom. The van der Waals surface area contributed by atoms with Crippen LogP contribution in [0, 0.1) is 6.92 Å². The van der Waals surface area contributed by atoms with Crippen molar-refractivity contribution in [2.24, 2.45) is 0 Å². The first-order chi connectivity index (χ1) is 10.2. The maximum absolute atomic E-state index is 12.3. The highest BCUT2D eigenvalue weighted by molar-refractivity contribution is 9.10. The second-order valence-electron chi connectivity index (χ2n) is 6.24. The van der Waals surface area contributed by atoms with E-state index in [2.05, 4.69) is 52.3 Å². The molecule has 2 rings (SSSR count). The Morgan fingerprint density at radius 2 is 1.91 bits per heavy atom. The summed E-state index contributed by atoms with van der Waals surface area (Å²) in [5.41, 5.74) is 3.03. The monoisotopic (exact) mass is 361 g/mol. The van der Waals surface area contributed by atoms with E-state index in [1.807, 2.05) is 31.2 Å². The number of carbonyl (C=O) groups is 1. The van der Waals surface area contributed by atoms with Crippen molar-refractivity contribution in [3.05, 3.63) is 52.3 Å². The quantitative estimate of drug-likeness (QED) is 0.838. The Morgan fingerprint density at radius 3 is 2.55 bits per heavy atom. The fraction of sp³-hybridized carbons (Fsp3) is 0.294. The number of benzene rings is 1. The summed E-state index contributed by atoms with van der Waals surface area (Å²) in [6.07, 6.45) is 1.63. The lowest BCUT2D eigenvalue weighted by atomic mass is 10.1. The van der Waals surface area contributed by atoms with Gasteiger partial charge in [-0.1, -0.05) is 6.07 Å². The number of aryl methyl sites for hydroxylation is 1. The number of nitrogens with zero attached hydrogens (tertiary/aromatic N) is 1. The summed E-state index contributed by atoms with van der Waals surface area (Å²) in [5, 5.41) is 6.20. The van der Waals surface area contributed by atoms with Gasteiger partial charge in [-0.05, 0) is 73.5 Å². The van der Waals surface area contributed by atoms with Gasteiger partial charge in [0.25, 0.3) is 5.91 Å². The van der Waals surface area contributed by atoms with Crippen molar-refractivity contribution in [2.75, 3.05) is 10.6 Å². The number of hydrogen-bond acceptors (Lipinski definition) is 3. The van der Waals surface area contributed by atoms with Crippen LogP contribution in [0.1, 0.15) is 36.8 Å². The third-order valence-electron chi connectivity index (χ3n) is 2.88. The first-order valence-electron chi connectivity index (χ1n) is 7.06. The van der Waals surface area contributed by atoms with E-state index in [1.54, 1.807) is 12.3 Å². The number of pyridine rings is 1. The molecule has 0 saturated carbocycles. The van der Waals surface area contributed by atoms with E-state index < -0.39 is 0 Å². The van der Waals surface area contributed by atoms with Crippen molar-refractivity contribution in [1.29, 1.82) is 0 Å². The number of nitrogens with one attached hydrogen (secondary N) is 2. The minimum absolute atomic E-state index is 0.0743. The molecule has 0 aliphatic heterocycles. The number of rotatable bonds is 3. The van der Waals surface area contributed by atoms with Crippen molar-refractivity contribution >= 4 is 33.2 Å². The second kappa shape index (κ2) is 6.48. The summed E-state index contributed by atoms with van der Waals surface area (Å²) >= 11 is 3.45. The van der Waals surface area contributed by atoms with Gasteiger partial charge in [0.05, 0.1) is 5.69 Å². The Labute approximate surface area is 139 Å². The molecule has 0 aliphatic rings. The highest BCUT2D eigenvalue weighted by Crippen LogP contribution is 2.24. The molecule has 5 heteroatoms. The molecule has 0 radical (unpaired) electrons. The van der Waals surface area contributed by atoms with Gasteiger partial charge in [-0.2, -0.15) is 0 Å². The Hall–Kier alpha value is -1.88. The van der Waals surface area contributed by atoms with Gasteiger partial charge >= 0.3 is 0 Å². The molecule has 1 heterocycles. The molecule has 2 N–H and O–H groups in total. The van der Waals surface area contributed by atoms with Crippen LogP contribution in [-0.2, 0) is 0 Å². The van der Waals surface area contributed by atoms with Crippen LogP contribution in [0.2, 0.25) is 0 Å².